The van der Waals surface area contributed by atoms with E-state index in [-0.39, 0.29) is 24.9 Å². The van der Waals surface area contributed by atoms with Crippen LogP contribution in [0.3, 0.4) is 0 Å². The molecule has 0 rings (SSSR count). The highest BCUT2D eigenvalue weighted by atomic mass is 16.5. The molecule has 0 aromatic carbocycles. The summed E-state index contributed by atoms with van der Waals surface area (Å²) in [7, 11) is 0. The topological polar surface area (TPSA) is 92.7 Å². The van der Waals surface area contributed by atoms with E-state index < -0.39 is 23.9 Å². The highest BCUT2D eigenvalue weighted by Crippen LogP contribution is 2.18. The molecule has 0 aromatic rings. The number of carboxylic acids is 1. The van der Waals surface area contributed by atoms with Crippen molar-refractivity contribution < 1.29 is 24.2 Å². The van der Waals surface area contributed by atoms with E-state index >= 15 is 0 Å². The van der Waals surface area contributed by atoms with Gasteiger partial charge in [-0.1, -0.05) is 26.5 Å². The number of nitrogens with one attached hydrogen (secondary N) is 1. The van der Waals surface area contributed by atoms with Gasteiger partial charge in [0.25, 0.3) is 0 Å². The van der Waals surface area contributed by atoms with Crippen molar-refractivity contribution in [2.75, 3.05) is 6.61 Å². The van der Waals surface area contributed by atoms with Gasteiger partial charge in [-0.2, -0.15) is 0 Å². The molecule has 0 spiro atoms. The third-order valence-electron chi connectivity index (χ3n) is 2.89. The number of ether oxygens (including phenoxy) is 1. The Bertz CT molecular complexity index is 365. The van der Waals surface area contributed by atoms with Gasteiger partial charge in [0.15, 0.2) is 0 Å². The van der Waals surface area contributed by atoms with Crippen molar-refractivity contribution >= 4 is 17.8 Å². The summed E-state index contributed by atoms with van der Waals surface area (Å²) in [6.45, 7) is 8.69. The van der Waals surface area contributed by atoms with Crippen molar-refractivity contribution in [2.24, 2.45) is 11.8 Å². The van der Waals surface area contributed by atoms with Gasteiger partial charge in [0.1, 0.15) is 12.6 Å². The van der Waals surface area contributed by atoms with Gasteiger partial charge in [0.2, 0.25) is 5.91 Å². The third-order valence-corrected chi connectivity index (χ3v) is 2.89. The van der Waals surface area contributed by atoms with Crippen molar-refractivity contribution in [1.82, 2.24) is 5.32 Å². The summed E-state index contributed by atoms with van der Waals surface area (Å²) in [6.07, 6.45) is 1.91. The minimum absolute atomic E-state index is 0.00296. The number of carbonyl (C=O) groups is 3. The Morgan fingerprint density at radius 2 is 1.90 bits per heavy atom. The maximum atomic E-state index is 12.0. The number of aliphatic carboxylic acids is 1. The summed E-state index contributed by atoms with van der Waals surface area (Å²) in [4.78, 5) is 34.1. The smallest absolute Gasteiger partial charge is 0.325 e. The lowest BCUT2D eigenvalue weighted by Gasteiger charge is -2.21. The largest absolute Gasteiger partial charge is 0.480 e. The minimum Gasteiger partial charge on any atom is -0.480 e. The molecule has 0 aromatic heterocycles. The number of carboxylic acid groups (broad SMARTS) is 1. The van der Waals surface area contributed by atoms with Crippen LogP contribution in [-0.4, -0.2) is 35.6 Å². The zero-order valence-corrected chi connectivity index (χ0v) is 12.2. The second kappa shape index (κ2) is 9.12. The molecule has 0 radical (unpaired) electrons. The van der Waals surface area contributed by atoms with Gasteiger partial charge in [-0.25, -0.2) is 0 Å². The Labute approximate surface area is 119 Å². The number of carbonyl (C=O) groups excluding carboxylic acids is 2. The summed E-state index contributed by atoms with van der Waals surface area (Å²) in [5, 5.41) is 11.2. The number of esters is 1. The first-order chi connectivity index (χ1) is 9.29. The molecule has 0 bridgehead atoms. The molecule has 0 fully saturated rings. The van der Waals surface area contributed by atoms with Crippen LogP contribution in [0.4, 0.5) is 0 Å². The zero-order chi connectivity index (χ0) is 15.7. The van der Waals surface area contributed by atoms with Gasteiger partial charge in [-0.05, 0) is 19.3 Å². The average Bonchev–Trinajstić information content (AvgIpc) is 2.35. The van der Waals surface area contributed by atoms with Crippen molar-refractivity contribution in [2.45, 2.75) is 39.7 Å². The van der Waals surface area contributed by atoms with Crippen molar-refractivity contribution in [3.63, 3.8) is 0 Å². The minimum atomic E-state index is -1.09. The molecule has 6 heteroatoms. The van der Waals surface area contributed by atoms with E-state index in [1.807, 2.05) is 13.8 Å². The first-order valence-electron chi connectivity index (χ1n) is 6.59. The van der Waals surface area contributed by atoms with Crippen LogP contribution in [0.5, 0.6) is 0 Å². The molecule has 1 amide bonds. The van der Waals surface area contributed by atoms with Gasteiger partial charge in [0, 0.05) is 12.3 Å². The Balaban J connectivity index is 4.42. The lowest BCUT2D eigenvalue weighted by molar-refractivity contribution is -0.144. The van der Waals surface area contributed by atoms with E-state index in [0.29, 0.717) is 6.42 Å². The second-order valence-electron chi connectivity index (χ2n) is 4.93. The third kappa shape index (κ3) is 6.92. The van der Waals surface area contributed by atoms with E-state index in [4.69, 9.17) is 9.84 Å². The summed E-state index contributed by atoms with van der Waals surface area (Å²) in [5.41, 5.74) is 0. The molecule has 0 heterocycles. The molecular weight excluding hydrogens is 262 g/mol. The van der Waals surface area contributed by atoms with Gasteiger partial charge in [0.05, 0.1) is 0 Å². The SMILES string of the molecule is C=CCOC(=O)CCC(C(=O)NC(C)C(=O)O)C(C)C. The van der Waals surface area contributed by atoms with Gasteiger partial charge in [-0.15, -0.1) is 0 Å². The standard InChI is InChI=1S/C14H23NO5/c1-5-8-20-12(16)7-6-11(9(2)3)13(17)15-10(4)14(18)19/h5,9-11H,1,6-8H2,2-4H3,(H,15,17)(H,18,19). The average molecular weight is 285 g/mol. The van der Waals surface area contributed by atoms with Crippen LogP contribution in [0.2, 0.25) is 0 Å². The molecule has 6 nitrogen and oxygen atoms in total. The van der Waals surface area contributed by atoms with Gasteiger partial charge >= 0.3 is 11.9 Å². The Morgan fingerprint density at radius 1 is 1.30 bits per heavy atom. The number of rotatable bonds is 9. The predicted molar refractivity (Wildman–Crippen MR) is 74.0 cm³/mol. The fourth-order valence-corrected chi connectivity index (χ4v) is 1.65. The summed E-state index contributed by atoms with van der Waals surface area (Å²) in [5.74, 6) is -2.26. The maximum Gasteiger partial charge on any atom is 0.325 e. The normalized spacial score (nSPS) is 13.4. The van der Waals surface area contributed by atoms with Crippen LogP contribution in [-0.2, 0) is 19.1 Å². The number of hydrogen-bond acceptors (Lipinski definition) is 4. The quantitative estimate of drug-likeness (QED) is 0.493. The Hall–Kier alpha value is -1.85. The summed E-state index contributed by atoms with van der Waals surface area (Å²) >= 11 is 0. The molecular formula is C14H23NO5. The molecule has 114 valence electrons. The molecule has 0 aliphatic carbocycles. The lowest BCUT2D eigenvalue weighted by Crippen LogP contribution is -2.43. The van der Waals surface area contributed by atoms with Crippen LogP contribution in [0.25, 0.3) is 0 Å². The van der Waals surface area contributed by atoms with Crippen LogP contribution in [0.15, 0.2) is 12.7 Å². The predicted octanol–water partition coefficient (Wildman–Crippen LogP) is 1.36. The Kier molecular flexibility index (Phi) is 8.27. The highest BCUT2D eigenvalue weighted by molar-refractivity contribution is 5.85. The molecule has 2 N–H and O–H groups in total. The van der Waals surface area contributed by atoms with Crippen LogP contribution >= 0.6 is 0 Å². The van der Waals surface area contributed by atoms with E-state index in [9.17, 15) is 14.4 Å². The van der Waals surface area contributed by atoms with Crippen LogP contribution < -0.4 is 5.32 Å². The second-order valence-corrected chi connectivity index (χ2v) is 4.93. The summed E-state index contributed by atoms with van der Waals surface area (Å²) in [6, 6.07) is -0.948. The summed E-state index contributed by atoms with van der Waals surface area (Å²) < 4.78 is 4.84. The van der Waals surface area contributed by atoms with Crippen LogP contribution in [0, 0.1) is 11.8 Å². The molecule has 2 unspecified atom stereocenters. The van der Waals surface area contributed by atoms with Crippen molar-refractivity contribution in [1.29, 1.82) is 0 Å². The highest BCUT2D eigenvalue weighted by Gasteiger charge is 2.25. The molecule has 20 heavy (non-hydrogen) atoms. The van der Waals surface area contributed by atoms with Gasteiger partial charge in [-0.3, -0.25) is 14.4 Å². The van der Waals surface area contributed by atoms with Gasteiger partial charge < -0.3 is 15.2 Å². The molecule has 0 aliphatic heterocycles. The molecule has 0 saturated carbocycles. The van der Waals surface area contributed by atoms with E-state index in [1.54, 1.807) is 0 Å². The zero-order valence-electron chi connectivity index (χ0n) is 12.2. The number of amides is 1. The first-order valence-corrected chi connectivity index (χ1v) is 6.59. The van der Waals surface area contributed by atoms with Crippen LogP contribution in [0.1, 0.15) is 33.6 Å². The molecule has 0 saturated heterocycles. The first kappa shape index (κ1) is 18.1. The maximum absolute atomic E-state index is 12.0. The van der Waals surface area contributed by atoms with Crippen molar-refractivity contribution in [3.8, 4) is 0 Å². The fourth-order valence-electron chi connectivity index (χ4n) is 1.65. The van der Waals surface area contributed by atoms with E-state index in [2.05, 4.69) is 11.9 Å². The Morgan fingerprint density at radius 3 is 2.35 bits per heavy atom. The molecule has 2 atom stereocenters. The van der Waals surface area contributed by atoms with E-state index in [0.717, 1.165) is 0 Å². The monoisotopic (exact) mass is 285 g/mol. The molecule has 0 aliphatic rings. The van der Waals surface area contributed by atoms with Crippen molar-refractivity contribution in [3.05, 3.63) is 12.7 Å². The lowest BCUT2D eigenvalue weighted by atomic mass is 9.90. The fraction of sp³-hybridized carbons (Fsp3) is 0.643. The number of hydrogen-bond donors (Lipinski definition) is 2. The van der Waals surface area contributed by atoms with E-state index in [1.165, 1.54) is 13.0 Å².